The third-order valence-corrected chi connectivity index (χ3v) is 2.89. The van der Waals surface area contributed by atoms with Gasteiger partial charge in [-0.1, -0.05) is 5.16 Å². The molecule has 0 fully saturated rings. The van der Waals surface area contributed by atoms with Crippen LogP contribution in [0.1, 0.15) is 12.6 Å². The molecule has 0 aliphatic heterocycles. The fraction of sp³-hybridized carbons (Fsp3) is 0.250. The molecule has 92 valence electrons. The first-order valence-electron chi connectivity index (χ1n) is 4.24. The average molecular weight is 278 g/mol. The van der Waals surface area contributed by atoms with Crippen molar-refractivity contribution in [2.24, 2.45) is 5.16 Å². The average Bonchev–Trinajstić information content (AvgIpc) is 2.73. The minimum Gasteiger partial charge on any atom is -0.476 e. The highest BCUT2D eigenvalue weighted by atomic mass is 35.5. The standard InChI is InChI=1S/C8H8ClN3O4S/c1-4(13)12(9)8-10-5(3-17-8)6(7(14)15)11-16-2/h3H,1-2H3,(H,14,15). The molecule has 1 aromatic heterocycles. The first-order valence-corrected chi connectivity index (χ1v) is 5.46. The van der Waals surface area contributed by atoms with Gasteiger partial charge in [-0.25, -0.2) is 9.78 Å². The molecular weight excluding hydrogens is 270 g/mol. The number of amides is 1. The zero-order valence-electron chi connectivity index (χ0n) is 8.88. The number of hydrogen-bond acceptors (Lipinski definition) is 6. The van der Waals surface area contributed by atoms with E-state index in [1.54, 1.807) is 0 Å². The smallest absolute Gasteiger partial charge is 0.360 e. The Hall–Kier alpha value is -1.67. The molecule has 0 spiro atoms. The van der Waals surface area contributed by atoms with Crippen molar-refractivity contribution in [1.82, 2.24) is 4.98 Å². The highest BCUT2D eigenvalue weighted by Crippen LogP contribution is 2.22. The summed E-state index contributed by atoms with van der Waals surface area (Å²) < 4.78 is 0.792. The summed E-state index contributed by atoms with van der Waals surface area (Å²) in [5.41, 5.74) is -0.283. The fourth-order valence-electron chi connectivity index (χ4n) is 0.885. The van der Waals surface area contributed by atoms with Gasteiger partial charge in [-0.2, -0.15) is 4.42 Å². The fourth-order valence-corrected chi connectivity index (χ4v) is 1.80. The number of carboxylic acids is 1. The summed E-state index contributed by atoms with van der Waals surface area (Å²) in [5, 5.41) is 13.8. The molecule has 0 unspecified atom stereocenters. The van der Waals surface area contributed by atoms with Crippen molar-refractivity contribution in [3.8, 4) is 0 Å². The Bertz CT molecular complexity index is 473. The maximum atomic E-state index is 11.0. The number of anilines is 1. The highest BCUT2D eigenvalue weighted by Gasteiger charge is 2.20. The number of hydrogen-bond donors (Lipinski definition) is 1. The van der Waals surface area contributed by atoms with Gasteiger partial charge in [0.1, 0.15) is 12.8 Å². The normalized spacial score (nSPS) is 11.1. The van der Waals surface area contributed by atoms with E-state index in [4.69, 9.17) is 16.9 Å². The summed E-state index contributed by atoms with van der Waals surface area (Å²) >= 11 is 6.65. The second-order valence-electron chi connectivity index (χ2n) is 2.74. The number of nitrogens with zero attached hydrogens (tertiary/aromatic N) is 3. The second kappa shape index (κ2) is 5.60. The number of rotatable bonds is 4. The van der Waals surface area contributed by atoms with Crippen LogP contribution in [0.2, 0.25) is 0 Å². The third kappa shape index (κ3) is 3.14. The molecule has 1 rings (SSSR count). The molecule has 9 heteroatoms. The van der Waals surface area contributed by atoms with E-state index in [-0.39, 0.29) is 16.5 Å². The van der Waals surface area contributed by atoms with Crippen LogP contribution in [0.4, 0.5) is 5.13 Å². The number of carboxylic acid groups (broad SMARTS) is 1. The van der Waals surface area contributed by atoms with E-state index in [1.807, 2.05) is 0 Å². The summed E-state index contributed by atoms with van der Waals surface area (Å²) in [4.78, 5) is 30.1. The van der Waals surface area contributed by atoms with Gasteiger partial charge in [0.25, 0.3) is 0 Å². The lowest BCUT2D eigenvalue weighted by molar-refractivity contribution is -0.129. The van der Waals surface area contributed by atoms with Crippen molar-refractivity contribution in [3.05, 3.63) is 11.1 Å². The summed E-state index contributed by atoms with van der Waals surface area (Å²) in [6.07, 6.45) is 0. The molecule has 0 aromatic carbocycles. The van der Waals surface area contributed by atoms with E-state index in [0.29, 0.717) is 0 Å². The van der Waals surface area contributed by atoms with E-state index in [9.17, 15) is 9.59 Å². The molecule has 0 saturated carbocycles. The quantitative estimate of drug-likeness (QED) is 0.505. The van der Waals surface area contributed by atoms with Gasteiger partial charge in [-0.05, 0) is 0 Å². The number of halogens is 1. The Morgan fingerprint density at radius 1 is 1.65 bits per heavy atom. The van der Waals surface area contributed by atoms with Gasteiger partial charge in [0.05, 0.1) is 0 Å². The molecule has 1 heterocycles. The Balaban J connectivity index is 3.05. The first-order chi connectivity index (χ1) is 7.97. The molecule has 0 saturated heterocycles. The van der Waals surface area contributed by atoms with Crippen LogP contribution < -0.4 is 4.42 Å². The van der Waals surface area contributed by atoms with Gasteiger partial charge in [0.2, 0.25) is 16.8 Å². The number of aliphatic carboxylic acids is 1. The second-order valence-corrected chi connectivity index (χ2v) is 3.92. The minimum atomic E-state index is -1.28. The van der Waals surface area contributed by atoms with Crippen LogP contribution in [-0.2, 0) is 14.4 Å². The van der Waals surface area contributed by atoms with E-state index in [0.717, 1.165) is 15.8 Å². The summed E-state index contributed by atoms with van der Waals surface area (Å²) in [6.45, 7) is 1.26. The molecule has 1 aromatic rings. The van der Waals surface area contributed by atoms with E-state index < -0.39 is 11.9 Å². The number of carbonyl (C=O) groups is 2. The van der Waals surface area contributed by atoms with Crippen molar-refractivity contribution < 1.29 is 19.5 Å². The van der Waals surface area contributed by atoms with Crippen LogP contribution in [0.5, 0.6) is 0 Å². The van der Waals surface area contributed by atoms with E-state index in [2.05, 4.69) is 15.0 Å². The minimum absolute atomic E-state index is 0.0752. The Morgan fingerprint density at radius 2 is 2.29 bits per heavy atom. The number of carbonyl (C=O) groups excluding carboxylic acids is 1. The lowest BCUT2D eigenvalue weighted by Gasteiger charge is -2.05. The zero-order chi connectivity index (χ0) is 13.0. The molecule has 0 radical (unpaired) electrons. The maximum Gasteiger partial charge on any atom is 0.360 e. The summed E-state index contributed by atoms with van der Waals surface area (Å²) in [7, 11) is 1.22. The van der Waals surface area contributed by atoms with Gasteiger partial charge < -0.3 is 9.94 Å². The van der Waals surface area contributed by atoms with Gasteiger partial charge >= 0.3 is 5.97 Å². The highest BCUT2D eigenvalue weighted by molar-refractivity contribution is 7.14. The van der Waals surface area contributed by atoms with Crippen molar-refractivity contribution in [3.63, 3.8) is 0 Å². The van der Waals surface area contributed by atoms with Crippen molar-refractivity contribution in [2.75, 3.05) is 11.5 Å². The third-order valence-electron chi connectivity index (χ3n) is 1.56. The van der Waals surface area contributed by atoms with E-state index >= 15 is 0 Å². The van der Waals surface area contributed by atoms with Crippen molar-refractivity contribution in [2.45, 2.75) is 6.92 Å². The lowest BCUT2D eigenvalue weighted by atomic mass is 10.3. The SMILES string of the molecule is CON=C(C(=O)O)c1csc(N(Cl)C(C)=O)n1. The molecule has 17 heavy (non-hydrogen) atoms. The Morgan fingerprint density at radius 3 is 2.76 bits per heavy atom. The molecule has 0 aliphatic carbocycles. The predicted molar refractivity (Wildman–Crippen MR) is 62.3 cm³/mol. The van der Waals surface area contributed by atoms with Crippen LogP contribution in [0.15, 0.2) is 10.5 Å². The number of thiazole rings is 1. The Labute approximate surface area is 105 Å². The van der Waals surface area contributed by atoms with Crippen molar-refractivity contribution >= 4 is 45.8 Å². The maximum absolute atomic E-state index is 11.0. The molecule has 0 atom stereocenters. The van der Waals surface area contributed by atoms with Crippen LogP contribution in [-0.4, -0.2) is 34.8 Å². The number of oxime groups is 1. The molecule has 0 aliphatic rings. The van der Waals surface area contributed by atoms with Crippen molar-refractivity contribution in [1.29, 1.82) is 0 Å². The molecular formula is C8H8ClN3O4S. The molecule has 0 bridgehead atoms. The first kappa shape index (κ1) is 13.4. The largest absolute Gasteiger partial charge is 0.476 e. The zero-order valence-corrected chi connectivity index (χ0v) is 10.4. The molecule has 1 amide bonds. The van der Waals surface area contributed by atoms with Crippen LogP contribution >= 0.6 is 23.1 Å². The van der Waals surface area contributed by atoms with Gasteiger partial charge in [0.15, 0.2) is 0 Å². The lowest BCUT2D eigenvalue weighted by Crippen LogP contribution is -2.18. The van der Waals surface area contributed by atoms with Crippen LogP contribution in [0.3, 0.4) is 0 Å². The summed E-state index contributed by atoms with van der Waals surface area (Å²) in [5.74, 6) is -1.71. The predicted octanol–water partition coefficient (Wildman–Crippen LogP) is 1.08. The van der Waals surface area contributed by atoms with Crippen LogP contribution in [0, 0.1) is 0 Å². The number of aromatic nitrogens is 1. The topological polar surface area (TPSA) is 92.1 Å². The van der Waals surface area contributed by atoms with Gasteiger partial charge in [-0.3, -0.25) is 4.79 Å². The molecule has 7 nitrogen and oxygen atoms in total. The monoisotopic (exact) mass is 277 g/mol. The van der Waals surface area contributed by atoms with E-state index in [1.165, 1.54) is 19.4 Å². The van der Waals surface area contributed by atoms with Crippen LogP contribution in [0.25, 0.3) is 0 Å². The van der Waals surface area contributed by atoms with Gasteiger partial charge in [-0.15, -0.1) is 11.3 Å². The summed E-state index contributed by atoms with van der Waals surface area (Å²) in [6, 6.07) is 0. The van der Waals surface area contributed by atoms with Gasteiger partial charge in [0, 0.05) is 24.1 Å². The molecule has 1 N–H and O–H groups in total. The Kier molecular flexibility index (Phi) is 4.41.